The quantitative estimate of drug-likeness (QED) is 0.750. The lowest BCUT2D eigenvalue weighted by molar-refractivity contribution is -0.142. The highest BCUT2D eigenvalue weighted by molar-refractivity contribution is 8.14. The second-order valence-electron chi connectivity index (χ2n) is 4.59. The predicted octanol–water partition coefficient (Wildman–Crippen LogP) is 0.356. The third-order valence-electron chi connectivity index (χ3n) is 3.16. The third kappa shape index (κ3) is 3.10. The van der Waals surface area contributed by atoms with Crippen LogP contribution in [0.3, 0.4) is 0 Å². The van der Waals surface area contributed by atoms with Crippen LogP contribution in [-0.2, 0) is 30.0 Å². The largest absolute Gasteiger partial charge is 0.466 e. The van der Waals surface area contributed by atoms with Crippen molar-refractivity contribution >= 4 is 28.6 Å². The highest BCUT2D eigenvalue weighted by atomic mass is 32.2. The van der Waals surface area contributed by atoms with Crippen molar-refractivity contribution in [2.45, 2.75) is 19.8 Å². The van der Waals surface area contributed by atoms with Gasteiger partial charge in [0, 0.05) is 26.3 Å². The Morgan fingerprint density at radius 1 is 1.33 bits per heavy atom. The van der Waals surface area contributed by atoms with Crippen LogP contribution in [0, 0.1) is 0 Å². The molecule has 0 N–H and O–H groups in total. The maximum atomic E-state index is 12.0. The smallest absolute Gasteiger partial charge is 0.332 e. The van der Waals surface area contributed by atoms with Crippen LogP contribution in [0.15, 0.2) is 14.6 Å². The molecule has 1 aliphatic rings. The van der Waals surface area contributed by atoms with Gasteiger partial charge in [-0.05, 0) is 6.92 Å². The fourth-order valence-electron chi connectivity index (χ4n) is 2.08. The molecule has 8 heteroatoms. The molecule has 2 rings (SSSR count). The molecule has 2 heterocycles. The summed E-state index contributed by atoms with van der Waals surface area (Å²) in [4.78, 5) is 39.5. The van der Waals surface area contributed by atoms with Crippen molar-refractivity contribution in [2.75, 3.05) is 12.4 Å². The van der Waals surface area contributed by atoms with Gasteiger partial charge in [0.25, 0.3) is 5.56 Å². The van der Waals surface area contributed by atoms with Gasteiger partial charge in [0.2, 0.25) is 0 Å². The van der Waals surface area contributed by atoms with Crippen molar-refractivity contribution in [3.05, 3.63) is 26.4 Å². The number of ether oxygens (including phenoxy) is 1. The summed E-state index contributed by atoms with van der Waals surface area (Å²) in [5.41, 5.74) is -0.170. The summed E-state index contributed by atoms with van der Waals surface area (Å²) in [5, 5.41) is 0.743. The number of aliphatic imine (C=N–C) groups is 1. The zero-order chi connectivity index (χ0) is 15.6. The van der Waals surface area contributed by atoms with E-state index in [1.54, 1.807) is 14.0 Å². The molecule has 0 amide bonds. The second-order valence-corrected chi connectivity index (χ2v) is 5.76. The van der Waals surface area contributed by atoms with Gasteiger partial charge in [-0.1, -0.05) is 0 Å². The van der Waals surface area contributed by atoms with Crippen LogP contribution < -0.4 is 11.2 Å². The number of hydrogen-bond donors (Lipinski definition) is 0. The van der Waals surface area contributed by atoms with Crippen LogP contribution in [0.2, 0.25) is 0 Å². The zero-order valence-corrected chi connectivity index (χ0v) is 13.0. The summed E-state index contributed by atoms with van der Waals surface area (Å²) in [6, 6.07) is 0. The van der Waals surface area contributed by atoms with Crippen LogP contribution >= 0.6 is 11.8 Å². The van der Waals surface area contributed by atoms with E-state index in [1.807, 2.05) is 0 Å². The summed E-state index contributed by atoms with van der Waals surface area (Å²) < 4.78 is 7.30. The SMILES string of the molecule is CCOC(=O)CCSC1=Nc2c(c(=O)n(C)c(=O)n2C)C1. The number of carbonyl (C=O) groups excluding carboxylic acids is 1. The fraction of sp³-hybridized carbons (Fsp3) is 0.538. The molecule has 0 unspecified atom stereocenters. The van der Waals surface area contributed by atoms with Gasteiger partial charge in [-0.2, -0.15) is 0 Å². The zero-order valence-electron chi connectivity index (χ0n) is 12.2. The van der Waals surface area contributed by atoms with Crippen LogP contribution in [0.25, 0.3) is 0 Å². The number of nitrogens with zero attached hydrogens (tertiary/aromatic N) is 3. The van der Waals surface area contributed by atoms with Gasteiger partial charge < -0.3 is 4.74 Å². The minimum atomic E-state index is -0.389. The maximum absolute atomic E-state index is 12.0. The number of rotatable bonds is 4. The first-order chi connectivity index (χ1) is 9.95. The van der Waals surface area contributed by atoms with Gasteiger partial charge >= 0.3 is 11.7 Å². The molecule has 21 heavy (non-hydrogen) atoms. The van der Waals surface area contributed by atoms with Crippen LogP contribution in [0.1, 0.15) is 18.9 Å². The van der Waals surface area contributed by atoms with Crippen molar-refractivity contribution < 1.29 is 9.53 Å². The summed E-state index contributed by atoms with van der Waals surface area (Å²) in [6.07, 6.45) is 0.703. The Labute approximate surface area is 125 Å². The van der Waals surface area contributed by atoms with Crippen LogP contribution in [-0.4, -0.2) is 32.5 Å². The van der Waals surface area contributed by atoms with Gasteiger partial charge in [-0.25, -0.2) is 9.79 Å². The molecule has 0 saturated heterocycles. The first kappa shape index (κ1) is 15.6. The van der Waals surface area contributed by atoms with E-state index >= 15 is 0 Å². The normalized spacial score (nSPS) is 13.0. The average molecular weight is 311 g/mol. The standard InChI is InChI=1S/C13H17N3O4S/c1-4-20-10(17)5-6-21-9-7-8-11(14-9)15(2)13(19)16(3)12(8)18/h4-7H2,1-3H3. The van der Waals surface area contributed by atoms with Gasteiger partial charge in [-0.3, -0.25) is 18.7 Å². The molecule has 1 aromatic rings. The number of carbonyl (C=O) groups is 1. The number of hydrogen-bond acceptors (Lipinski definition) is 6. The van der Waals surface area contributed by atoms with E-state index in [0.29, 0.717) is 36.6 Å². The van der Waals surface area contributed by atoms with Crippen molar-refractivity contribution in [1.82, 2.24) is 9.13 Å². The van der Waals surface area contributed by atoms with E-state index in [0.717, 1.165) is 9.61 Å². The summed E-state index contributed by atoms with van der Waals surface area (Å²) in [7, 11) is 3.05. The van der Waals surface area contributed by atoms with Crippen molar-refractivity contribution in [3.63, 3.8) is 0 Å². The monoisotopic (exact) mass is 311 g/mol. The molecule has 0 fully saturated rings. The van der Waals surface area contributed by atoms with Gasteiger partial charge in [-0.15, -0.1) is 11.8 Å². The highest BCUT2D eigenvalue weighted by Gasteiger charge is 2.23. The molecule has 1 aromatic heterocycles. The fourth-order valence-corrected chi connectivity index (χ4v) is 2.98. The Balaban J connectivity index is 2.09. The molecule has 1 aliphatic heterocycles. The highest BCUT2D eigenvalue weighted by Crippen LogP contribution is 2.26. The van der Waals surface area contributed by atoms with Gasteiger partial charge in [0.05, 0.1) is 23.6 Å². The van der Waals surface area contributed by atoms with E-state index < -0.39 is 0 Å². The minimum absolute atomic E-state index is 0.246. The maximum Gasteiger partial charge on any atom is 0.332 e. The van der Waals surface area contributed by atoms with Crippen LogP contribution in [0.4, 0.5) is 5.82 Å². The second kappa shape index (κ2) is 6.30. The Kier molecular flexibility index (Phi) is 4.66. The number of fused-ring (bicyclic) bond motifs is 1. The first-order valence-electron chi connectivity index (χ1n) is 6.60. The van der Waals surface area contributed by atoms with Crippen molar-refractivity contribution in [3.8, 4) is 0 Å². The Morgan fingerprint density at radius 3 is 2.71 bits per heavy atom. The van der Waals surface area contributed by atoms with E-state index in [2.05, 4.69) is 4.99 Å². The number of aromatic nitrogens is 2. The molecular formula is C13H17N3O4S. The molecule has 0 radical (unpaired) electrons. The van der Waals surface area contributed by atoms with Gasteiger partial charge in [0.15, 0.2) is 0 Å². The van der Waals surface area contributed by atoms with E-state index in [1.165, 1.54) is 23.4 Å². The Morgan fingerprint density at radius 2 is 2.05 bits per heavy atom. The molecule has 7 nitrogen and oxygen atoms in total. The molecule has 0 saturated carbocycles. The Hall–Kier alpha value is -1.83. The molecule has 0 aliphatic carbocycles. The molecular weight excluding hydrogens is 294 g/mol. The lowest BCUT2D eigenvalue weighted by Crippen LogP contribution is -2.38. The lowest BCUT2D eigenvalue weighted by atomic mass is 10.2. The van der Waals surface area contributed by atoms with E-state index in [9.17, 15) is 14.4 Å². The van der Waals surface area contributed by atoms with Gasteiger partial charge in [0.1, 0.15) is 5.82 Å². The molecule has 0 atom stereocenters. The average Bonchev–Trinajstić information content (AvgIpc) is 2.87. The summed E-state index contributed by atoms with van der Waals surface area (Å²) in [6.45, 7) is 2.13. The number of thioether (sulfide) groups is 1. The topological polar surface area (TPSA) is 82.7 Å². The summed E-state index contributed by atoms with van der Waals surface area (Å²) >= 11 is 1.41. The third-order valence-corrected chi connectivity index (χ3v) is 4.14. The summed E-state index contributed by atoms with van der Waals surface area (Å²) in [5.74, 6) is 0.714. The first-order valence-corrected chi connectivity index (χ1v) is 7.59. The lowest BCUT2D eigenvalue weighted by Gasteiger charge is -2.05. The van der Waals surface area contributed by atoms with E-state index in [-0.39, 0.29) is 17.2 Å². The molecule has 114 valence electrons. The molecule has 0 spiro atoms. The van der Waals surface area contributed by atoms with E-state index in [4.69, 9.17) is 4.74 Å². The van der Waals surface area contributed by atoms with Crippen molar-refractivity contribution in [2.24, 2.45) is 19.1 Å². The Bertz CT molecular complexity index is 717. The predicted molar refractivity (Wildman–Crippen MR) is 81.4 cm³/mol. The minimum Gasteiger partial charge on any atom is -0.466 e. The molecule has 0 bridgehead atoms. The van der Waals surface area contributed by atoms with Crippen molar-refractivity contribution in [1.29, 1.82) is 0 Å². The molecule has 0 aromatic carbocycles. The van der Waals surface area contributed by atoms with Crippen LogP contribution in [0.5, 0.6) is 0 Å². The number of esters is 1.